The molecule has 0 fully saturated rings. The van der Waals surface area contributed by atoms with E-state index < -0.39 is 17.4 Å². The van der Waals surface area contributed by atoms with Gasteiger partial charge in [0, 0.05) is 6.42 Å². The molecule has 14 heavy (non-hydrogen) atoms. The summed E-state index contributed by atoms with van der Waals surface area (Å²) in [5.41, 5.74) is -0.134. The first kappa shape index (κ1) is 10.6. The highest BCUT2D eigenvalue weighted by Crippen LogP contribution is 2.24. The number of carbonyl (C=O) groups excluding carboxylic acids is 1. The first-order valence-corrected chi connectivity index (χ1v) is 4.17. The molecule has 0 aliphatic carbocycles. The number of ether oxygens (including phenoxy) is 1. The summed E-state index contributed by atoms with van der Waals surface area (Å²) in [7, 11) is 1.15. The topological polar surface area (TPSA) is 26.3 Å². The van der Waals surface area contributed by atoms with Gasteiger partial charge in [-0.25, -0.2) is 8.78 Å². The molecule has 76 valence electrons. The normalized spacial score (nSPS) is 10.0. The lowest BCUT2D eigenvalue weighted by molar-refractivity contribution is 0.0983. The van der Waals surface area contributed by atoms with Gasteiger partial charge in [-0.2, -0.15) is 0 Å². The van der Waals surface area contributed by atoms with E-state index in [2.05, 4.69) is 4.74 Å². The van der Waals surface area contributed by atoms with E-state index in [0.29, 0.717) is 0 Å². The fourth-order valence-corrected chi connectivity index (χ4v) is 1.13. The lowest BCUT2D eigenvalue weighted by Crippen LogP contribution is -2.04. The maximum atomic E-state index is 13.4. The molecule has 0 atom stereocenters. The molecule has 1 aromatic rings. The zero-order chi connectivity index (χ0) is 10.7. The van der Waals surface area contributed by atoms with E-state index in [1.807, 2.05) is 0 Å². The second-order valence-corrected chi connectivity index (χ2v) is 2.72. The van der Waals surface area contributed by atoms with Crippen LogP contribution in [0, 0.1) is 11.6 Å². The highest BCUT2D eigenvalue weighted by Gasteiger charge is 2.17. The molecule has 1 aromatic carbocycles. The van der Waals surface area contributed by atoms with Crippen LogP contribution in [0.2, 0.25) is 0 Å². The molecule has 1 rings (SSSR count). The van der Waals surface area contributed by atoms with E-state index in [9.17, 15) is 13.6 Å². The molecule has 0 N–H and O–H groups in total. The Morgan fingerprint density at radius 1 is 1.43 bits per heavy atom. The van der Waals surface area contributed by atoms with Gasteiger partial charge in [0.15, 0.2) is 23.2 Å². The van der Waals surface area contributed by atoms with Gasteiger partial charge >= 0.3 is 0 Å². The van der Waals surface area contributed by atoms with Crippen molar-refractivity contribution in [1.82, 2.24) is 0 Å². The van der Waals surface area contributed by atoms with Crippen molar-refractivity contribution in [1.29, 1.82) is 0 Å². The summed E-state index contributed by atoms with van der Waals surface area (Å²) in [5, 5.41) is 0. The summed E-state index contributed by atoms with van der Waals surface area (Å²) in [6.07, 6.45) is 0.172. The molecule has 0 aromatic heterocycles. The van der Waals surface area contributed by atoms with Crippen molar-refractivity contribution in [3.05, 3.63) is 29.3 Å². The van der Waals surface area contributed by atoms with Crippen molar-refractivity contribution < 1.29 is 18.3 Å². The van der Waals surface area contributed by atoms with Crippen LogP contribution in [0.3, 0.4) is 0 Å². The number of rotatable bonds is 3. The Hall–Kier alpha value is -1.45. The Bertz CT molecular complexity index is 361. The summed E-state index contributed by atoms with van der Waals surface area (Å²) >= 11 is 0. The maximum Gasteiger partial charge on any atom is 0.191 e. The van der Waals surface area contributed by atoms with Crippen LogP contribution in [0.5, 0.6) is 5.75 Å². The molecule has 0 heterocycles. The molecule has 0 unspecified atom stereocenters. The van der Waals surface area contributed by atoms with Crippen molar-refractivity contribution in [3.63, 3.8) is 0 Å². The third-order valence-electron chi connectivity index (χ3n) is 1.87. The predicted molar refractivity (Wildman–Crippen MR) is 47.5 cm³/mol. The fourth-order valence-electron chi connectivity index (χ4n) is 1.13. The van der Waals surface area contributed by atoms with Gasteiger partial charge in [-0.3, -0.25) is 4.79 Å². The van der Waals surface area contributed by atoms with Crippen LogP contribution in [0.1, 0.15) is 23.7 Å². The van der Waals surface area contributed by atoms with E-state index in [0.717, 1.165) is 19.2 Å². The molecule has 0 radical (unpaired) electrons. The van der Waals surface area contributed by atoms with Gasteiger partial charge in [0.2, 0.25) is 0 Å². The van der Waals surface area contributed by atoms with Crippen LogP contribution in [-0.2, 0) is 0 Å². The van der Waals surface area contributed by atoms with Crippen LogP contribution in [0.4, 0.5) is 8.78 Å². The molecule has 2 nitrogen and oxygen atoms in total. The van der Waals surface area contributed by atoms with Crippen molar-refractivity contribution in [2.24, 2.45) is 0 Å². The zero-order valence-electron chi connectivity index (χ0n) is 7.93. The molecule has 0 amide bonds. The van der Waals surface area contributed by atoms with Gasteiger partial charge in [-0.05, 0) is 12.1 Å². The summed E-state index contributed by atoms with van der Waals surface area (Å²) in [6.45, 7) is 1.61. The van der Waals surface area contributed by atoms with Crippen molar-refractivity contribution in [2.45, 2.75) is 13.3 Å². The SMILES string of the molecule is CCC(=O)c1ccc(F)c(OC)c1F. The van der Waals surface area contributed by atoms with Gasteiger partial charge < -0.3 is 4.74 Å². The number of carbonyl (C=O) groups is 1. The van der Waals surface area contributed by atoms with Crippen LogP contribution in [0.15, 0.2) is 12.1 Å². The van der Waals surface area contributed by atoms with Crippen molar-refractivity contribution in [3.8, 4) is 5.75 Å². The molecule has 0 aliphatic rings. The highest BCUT2D eigenvalue weighted by atomic mass is 19.1. The minimum Gasteiger partial charge on any atom is -0.491 e. The van der Waals surface area contributed by atoms with E-state index in [1.54, 1.807) is 6.92 Å². The highest BCUT2D eigenvalue weighted by molar-refractivity contribution is 5.96. The summed E-state index contributed by atoms with van der Waals surface area (Å²) < 4.78 is 30.8. The quantitative estimate of drug-likeness (QED) is 0.701. The van der Waals surface area contributed by atoms with E-state index in [-0.39, 0.29) is 17.8 Å². The number of hydrogen-bond donors (Lipinski definition) is 0. The molecule has 0 spiro atoms. The van der Waals surface area contributed by atoms with Crippen LogP contribution >= 0.6 is 0 Å². The zero-order valence-corrected chi connectivity index (χ0v) is 7.93. The van der Waals surface area contributed by atoms with Gasteiger partial charge in [0.1, 0.15) is 0 Å². The lowest BCUT2D eigenvalue weighted by atomic mass is 10.1. The average molecular weight is 200 g/mol. The molecular formula is C10H10F2O2. The van der Waals surface area contributed by atoms with Gasteiger partial charge in [0.25, 0.3) is 0 Å². The Kier molecular flexibility index (Phi) is 3.17. The average Bonchev–Trinajstić information content (AvgIpc) is 2.18. The summed E-state index contributed by atoms with van der Waals surface area (Å²) in [4.78, 5) is 11.2. The number of hydrogen-bond acceptors (Lipinski definition) is 2. The van der Waals surface area contributed by atoms with E-state index >= 15 is 0 Å². The number of ketones is 1. The first-order chi connectivity index (χ1) is 6.61. The van der Waals surface area contributed by atoms with Crippen molar-refractivity contribution >= 4 is 5.78 Å². The van der Waals surface area contributed by atoms with Crippen molar-refractivity contribution in [2.75, 3.05) is 7.11 Å². The third-order valence-corrected chi connectivity index (χ3v) is 1.87. The van der Waals surface area contributed by atoms with E-state index in [4.69, 9.17) is 0 Å². The lowest BCUT2D eigenvalue weighted by Gasteiger charge is -2.06. The second kappa shape index (κ2) is 4.17. The molecule has 0 aliphatic heterocycles. The summed E-state index contributed by atoms with van der Waals surface area (Å²) in [6, 6.07) is 2.14. The Morgan fingerprint density at radius 2 is 2.07 bits per heavy atom. The Balaban J connectivity index is 3.28. The predicted octanol–water partition coefficient (Wildman–Crippen LogP) is 2.57. The minimum atomic E-state index is -0.931. The standard InChI is InChI=1S/C10H10F2O2/c1-3-8(13)6-4-5-7(11)10(14-2)9(6)12/h4-5H,3H2,1-2H3. The maximum absolute atomic E-state index is 13.4. The molecule has 4 heteroatoms. The molecule has 0 saturated carbocycles. The second-order valence-electron chi connectivity index (χ2n) is 2.72. The monoisotopic (exact) mass is 200 g/mol. The van der Waals surface area contributed by atoms with Crippen LogP contribution in [-0.4, -0.2) is 12.9 Å². The van der Waals surface area contributed by atoms with Gasteiger partial charge in [-0.15, -0.1) is 0 Å². The smallest absolute Gasteiger partial charge is 0.191 e. The van der Waals surface area contributed by atoms with Gasteiger partial charge in [0.05, 0.1) is 12.7 Å². The third kappa shape index (κ3) is 1.73. The largest absolute Gasteiger partial charge is 0.491 e. The Labute approximate surface area is 80.5 Å². The van der Waals surface area contributed by atoms with Crippen LogP contribution < -0.4 is 4.74 Å². The first-order valence-electron chi connectivity index (χ1n) is 4.17. The summed E-state index contributed by atoms with van der Waals surface area (Å²) in [5.74, 6) is -2.62. The fraction of sp³-hybridized carbons (Fsp3) is 0.300. The number of halogens is 2. The number of Topliss-reactive ketones (excluding diaryl/α,β-unsaturated/α-hetero) is 1. The Morgan fingerprint density at radius 3 is 2.57 bits per heavy atom. The molecule has 0 bridgehead atoms. The van der Waals surface area contributed by atoms with E-state index in [1.165, 1.54) is 0 Å². The molecule has 0 saturated heterocycles. The number of methoxy groups -OCH3 is 1. The minimum absolute atomic E-state index is 0.134. The van der Waals surface area contributed by atoms with Gasteiger partial charge in [-0.1, -0.05) is 6.92 Å². The number of benzene rings is 1. The molecular weight excluding hydrogens is 190 g/mol. The van der Waals surface area contributed by atoms with Crippen LogP contribution in [0.25, 0.3) is 0 Å².